The lowest BCUT2D eigenvalue weighted by molar-refractivity contribution is -0.120. The summed E-state index contributed by atoms with van der Waals surface area (Å²) < 4.78 is 5.59. The largest absolute Gasteiger partial charge is 0.489 e. The molecule has 0 aromatic heterocycles. The predicted octanol–water partition coefficient (Wildman–Crippen LogP) is 4.49. The van der Waals surface area contributed by atoms with E-state index >= 15 is 0 Å². The Kier molecular flexibility index (Phi) is 8.61. The van der Waals surface area contributed by atoms with E-state index < -0.39 is 6.10 Å². The fourth-order valence-corrected chi connectivity index (χ4v) is 3.76. The molecule has 0 saturated heterocycles. The summed E-state index contributed by atoms with van der Waals surface area (Å²) in [5.74, 6) is 0.326. The van der Waals surface area contributed by atoms with Gasteiger partial charge in [-0.1, -0.05) is 30.7 Å². The van der Waals surface area contributed by atoms with Crippen LogP contribution in [0, 0.1) is 17.2 Å². The number of aliphatic hydroxyl groups excluding tert-OH is 1. The Bertz CT molecular complexity index is 1070. The number of ether oxygens (including phenoxy) is 1. The molecule has 1 aliphatic rings. The quantitative estimate of drug-likeness (QED) is 0.458. The number of azo groups is 1. The summed E-state index contributed by atoms with van der Waals surface area (Å²) in [5.41, 5.74) is 2.06. The van der Waals surface area contributed by atoms with E-state index in [1.54, 1.807) is 18.2 Å². The molecule has 2 aromatic carbocycles. The standard InChI is InChI=1S/C25H30ClN5O3/c1-16-10-23(33)30-31-24(16)17-5-8-20(9-6-17)28-15-25(2,3)29-13-21(32)14-34-22-11-19(26)7-4-18(22)12-27/h4-9,11,16,21,24,28-29,32H,10,13-15H2,1-3H3/t16-,21+,24-/m1/s1. The number of aliphatic hydroxyl groups is 1. The molecule has 3 atom stereocenters. The van der Waals surface area contributed by atoms with Crippen LogP contribution in [0.1, 0.15) is 44.4 Å². The van der Waals surface area contributed by atoms with E-state index in [0.717, 1.165) is 11.3 Å². The van der Waals surface area contributed by atoms with Gasteiger partial charge < -0.3 is 20.5 Å². The van der Waals surface area contributed by atoms with Crippen LogP contribution in [-0.2, 0) is 4.79 Å². The first-order valence-electron chi connectivity index (χ1n) is 11.2. The molecule has 2 aromatic rings. The maximum atomic E-state index is 11.4. The van der Waals surface area contributed by atoms with Gasteiger partial charge in [0.1, 0.15) is 24.5 Å². The number of nitrogens with zero attached hydrogens (tertiary/aromatic N) is 3. The monoisotopic (exact) mass is 483 g/mol. The summed E-state index contributed by atoms with van der Waals surface area (Å²) >= 11 is 5.96. The van der Waals surface area contributed by atoms with Crippen molar-refractivity contribution in [1.29, 1.82) is 5.26 Å². The normalized spacial score (nSPS) is 18.9. The van der Waals surface area contributed by atoms with Gasteiger partial charge in [-0.2, -0.15) is 10.4 Å². The highest BCUT2D eigenvalue weighted by Crippen LogP contribution is 2.32. The molecule has 3 rings (SSSR count). The fourth-order valence-electron chi connectivity index (χ4n) is 3.59. The Morgan fingerprint density at radius 1 is 1.29 bits per heavy atom. The number of nitriles is 1. The molecule has 0 unspecified atom stereocenters. The number of carbonyl (C=O) groups excluding carboxylic acids is 1. The van der Waals surface area contributed by atoms with Crippen LogP contribution in [0.25, 0.3) is 0 Å². The van der Waals surface area contributed by atoms with E-state index in [1.165, 1.54) is 0 Å². The lowest BCUT2D eigenvalue weighted by Gasteiger charge is -2.29. The fraction of sp³-hybridized carbons (Fsp3) is 0.440. The summed E-state index contributed by atoms with van der Waals surface area (Å²) in [4.78, 5) is 11.4. The van der Waals surface area contributed by atoms with Crippen LogP contribution >= 0.6 is 11.6 Å². The van der Waals surface area contributed by atoms with E-state index in [9.17, 15) is 9.90 Å². The molecule has 3 N–H and O–H groups in total. The molecule has 0 spiro atoms. The zero-order valence-electron chi connectivity index (χ0n) is 19.6. The highest BCUT2D eigenvalue weighted by molar-refractivity contribution is 6.30. The molecule has 9 heteroatoms. The van der Waals surface area contributed by atoms with Crippen molar-refractivity contribution in [3.63, 3.8) is 0 Å². The van der Waals surface area contributed by atoms with Crippen molar-refractivity contribution >= 4 is 23.2 Å². The van der Waals surface area contributed by atoms with Gasteiger partial charge in [-0.15, -0.1) is 5.11 Å². The van der Waals surface area contributed by atoms with Crippen molar-refractivity contribution in [2.75, 3.05) is 25.0 Å². The summed E-state index contributed by atoms with van der Waals surface area (Å²) in [5, 5.41) is 34.6. The predicted molar refractivity (Wildman–Crippen MR) is 131 cm³/mol. The third kappa shape index (κ3) is 7.26. The number of β-amino-alcohol motifs (C(OH)–C–C–N with tert-alkyl or cyclic N) is 1. The molecule has 1 amide bonds. The van der Waals surface area contributed by atoms with Crippen LogP contribution in [0.2, 0.25) is 5.02 Å². The Labute approximate surface area is 205 Å². The van der Waals surface area contributed by atoms with Gasteiger partial charge in [-0.05, 0) is 49.6 Å². The first-order chi connectivity index (χ1) is 16.2. The van der Waals surface area contributed by atoms with Gasteiger partial charge in [0.2, 0.25) is 0 Å². The summed E-state index contributed by atoms with van der Waals surface area (Å²) in [7, 11) is 0. The number of halogens is 1. The Morgan fingerprint density at radius 3 is 2.71 bits per heavy atom. The number of carbonyl (C=O) groups is 1. The third-order valence-corrected chi connectivity index (χ3v) is 5.86. The second kappa shape index (κ2) is 11.4. The average Bonchev–Trinajstić information content (AvgIpc) is 2.81. The maximum Gasteiger partial charge on any atom is 0.264 e. The van der Waals surface area contributed by atoms with Crippen LogP contribution < -0.4 is 15.4 Å². The van der Waals surface area contributed by atoms with Gasteiger partial charge in [-0.25, -0.2) is 0 Å². The second-order valence-electron chi connectivity index (χ2n) is 9.19. The van der Waals surface area contributed by atoms with E-state index in [0.29, 0.717) is 35.8 Å². The zero-order valence-corrected chi connectivity index (χ0v) is 20.3. The number of nitrogens with one attached hydrogen (secondary N) is 2. The first-order valence-corrected chi connectivity index (χ1v) is 11.6. The van der Waals surface area contributed by atoms with Crippen molar-refractivity contribution in [2.24, 2.45) is 16.1 Å². The lowest BCUT2D eigenvalue weighted by atomic mass is 9.91. The molecule has 0 radical (unpaired) electrons. The van der Waals surface area contributed by atoms with Gasteiger partial charge in [0.15, 0.2) is 0 Å². The molecular weight excluding hydrogens is 454 g/mol. The van der Waals surface area contributed by atoms with Gasteiger partial charge in [-0.3, -0.25) is 4.79 Å². The molecule has 8 nitrogen and oxygen atoms in total. The van der Waals surface area contributed by atoms with E-state index in [1.807, 2.05) is 51.1 Å². The summed E-state index contributed by atoms with van der Waals surface area (Å²) in [6.07, 6.45) is -0.341. The maximum absolute atomic E-state index is 11.4. The van der Waals surface area contributed by atoms with Crippen LogP contribution in [0.4, 0.5) is 5.69 Å². The van der Waals surface area contributed by atoms with Crippen LogP contribution in [0.3, 0.4) is 0 Å². The topological polar surface area (TPSA) is 119 Å². The average molecular weight is 484 g/mol. The van der Waals surface area contributed by atoms with E-state index in [2.05, 4.69) is 20.9 Å². The van der Waals surface area contributed by atoms with Crippen molar-refractivity contribution in [3.05, 3.63) is 58.6 Å². The smallest absolute Gasteiger partial charge is 0.264 e. The highest BCUT2D eigenvalue weighted by atomic mass is 35.5. The molecule has 34 heavy (non-hydrogen) atoms. The highest BCUT2D eigenvalue weighted by Gasteiger charge is 2.26. The Balaban J connectivity index is 1.45. The minimum Gasteiger partial charge on any atom is -0.489 e. The molecule has 180 valence electrons. The number of hydrogen-bond donors (Lipinski definition) is 3. The minimum absolute atomic E-state index is 0.0372. The molecule has 0 fully saturated rings. The van der Waals surface area contributed by atoms with E-state index in [-0.39, 0.29) is 30.0 Å². The Hall–Kier alpha value is -2.99. The number of rotatable bonds is 10. The van der Waals surface area contributed by atoms with E-state index in [4.69, 9.17) is 21.6 Å². The summed E-state index contributed by atoms with van der Waals surface area (Å²) in [6, 6.07) is 14.7. The third-order valence-electron chi connectivity index (χ3n) is 5.63. The van der Waals surface area contributed by atoms with Gasteiger partial charge in [0.25, 0.3) is 5.91 Å². The lowest BCUT2D eigenvalue weighted by Crippen LogP contribution is -2.49. The number of benzene rings is 2. The molecule has 1 heterocycles. The number of anilines is 1. The second-order valence-corrected chi connectivity index (χ2v) is 9.63. The molecule has 0 aliphatic carbocycles. The summed E-state index contributed by atoms with van der Waals surface area (Å²) in [6.45, 7) is 7.06. The van der Waals surface area contributed by atoms with Crippen LogP contribution in [0.5, 0.6) is 5.75 Å². The molecule has 0 bridgehead atoms. The van der Waals surface area contributed by atoms with Gasteiger partial charge in [0.05, 0.1) is 11.6 Å². The molecule has 0 saturated carbocycles. The molecular formula is C25H30ClN5O3. The number of hydrogen-bond acceptors (Lipinski definition) is 7. The van der Waals surface area contributed by atoms with Gasteiger partial charge in [0, 0.05) is 41.8 Å². The minimum atomic E-state index is -0.761. The Morgan fingerprint density at radius 2 is 2.03 bits per heavy atom. The van der Waals surface area contributed by atoms with Crippen molar-refractivity contribution in [3.8, 4) is 11.8 Å². The molecule has 1 aliphatic heterocycles. The SMILES string of the molecule is C[C@@H]1CC(=O)N=N[C@H]1c1ccc(NCC(C)(C)NC[C@H](O)COc2cc(Cl)ccc2C#N)cc1. The zero-order chi connectivity index (χ0) is 24.7. The number of amides is 1. The van der Waals surface area contributed by atoms with Crippen molar-refractivity contribution in [1.82, 2.24) is 5.32 Å². The van der Waals surface area contributed by atoms with Gasteiger partial charge >= 0.3 is 0 Å². The first kappa shape index (κ1) is 25.6. The van der Waals surface area contributed by atoms with Crippen LogP contribution in [0.15, 0.2) is 52.7 Å². The van der Waals surface area contributed by atoms with Crippen LogP contribution in [-0.4, -0.2) is 42.4 Å². The van der Waals surface area contributed by atoms with Crippen molar-refractivity contribution in [2.45, 2.75) is 44.9 Å². The van der Waals surface area contributed by atoms with Crippen molar-refractivity contribution < 1.29 is 14.6 Å².